The van der Waals surface area contributed by atoms with Crippen molar-refractivity contribution in [2.75, 3.05) is 11.6 Å². The third-order valence-corrected chi connectivity index (χ3v) is 5.93. The van der Waals surface area contributed by atoms with Crippen LogP contribution < -0.4 is 5.32 Å². The minimum Gasteiger partial charge on any atom is -0.362 e. The van der Waals surface area contributed by atoms with Gasteiger partial charge >= 0.3 is 0 Å². The molecule has 2 heterocycles. The fraction of sp³-hybridized carbons (Fsp3) is 0.312. The second-order valence-electron chi connectivity index (χ2n) is 5.43. The lowest BCUT2D eigenvalue weighted by Gasteiger charge is -2.19. The summed E-state index contributed by atoms with van der Waals surface area (Å²) in [6.45, 7) is 0. The molecule has 0 bridgehead atoms. The van der Waals surface area contributed by atoms with Gasteiger partial charge in [-0.1, -0.05) is 42.1 Å². The Kier molecular flexibility index (Phi) is 3.72. The molecule has 0 amide bonds. The quantitative estimate of drug-likeness (QED) is 0.705. The van der Waals surface area contributed by atoms with E-state index in [9.17, 15) is 0 Å². The Hall–Kier alpha value is -1.66. The molecule has 4 rings (SSSR count). The molecule has 1 N–H and O–H groups in total. The van der Waals surface area contributed by atoms with E-state index in [2.05, 4.69) is 50.6 Å². The first-order valence-corrected chi connectivity index (χ1v) is 9.36. The normalized spacial score (nSPS) is 15.9. The third-order valence-electron chi connectivity index (χ3n) is 3.89. The minimum absolute atomic E-state index is 0.319. The van der Waals surface area contributed by atoms with Crippen LogP contribution in [0.4, 0.5) is 5.82 Å². The van der Waals surface area contributed by atoms with Crippen LogP contribution >= 0.6 is 23.1 Å². The molecule has 1 aliphatic rings. The van der Waals surface area contributed by atoms with E-state index in [1.54, 1.807) is 29.4 Å². The molecule has 1 aromatic carbocycles. The van der Waals surface area contributed by atoms with Gasteiger partial charge in [0.25, 0.3) is 0 Å². The summed E-state index contributed by atoms with van der Waals surface area (Å²) in [5.74, 6) is 1.60. The highest BCUT2D eigenvalue weighted by Crippen LogP contribution is 2.43. The number of aromatic nitrogens is 3. The second kappa shape index (κ2) is 5.85. The maximum atomic E-state index is 4.52. The largest absolute Gasteiger partial charge is 0.362 e. The molecule has 1 fully saturated rings. The highest BCUT2D eigenvalue weighted by molar-refractivity contribution is 8.00. The number of fused-ring (bicyclic) bond motifs is 1. The number of nitrogens with one attached hydrogen (secondary N) is 1. The van der Waals surface area contributed by atoms with Crippen molar-refractivity contribution in [3.8, 4) is 0 Å². The maximum absolute atomic E-state index is 4.52. The molecular weight excluding hydrogens is 312 g/mol. The Bertz CT molecular complexity index is 783. The number of nitrogens with zero attached hydrogens (tertiary/aromatic N) is 3. The number of hydrogen-bond acceptors (Lipinski definition) is 6. The molecule has 0 radical (unpaired) electrons. The highest BCUT2D eigenvalue weighted by atomic mass is 32.2. The van der Waals surface area contributed by atoms with Crippen molar-refractivity contribution < 1.29 is 0 Å². The summed E-state index contributed by atoms with van der Waals surface area (Å²) in [5, 5.41) is 3.65. The van der Waals surface area contributed by atoms with E-state index in [1.165, 1.54) is 18.4 Å². The van der Waals surface area contributed by atoms with Crippen LogP contribution in [0.2, 0.25) is 0 Å². The molecule has 1 saturated carbocycles. The summed E-state index contributed by atoms with van der Waals surface area (Å²) in [6.07, 6.45) is 6.19. The Morgan fingerprint density at radius 1 is 1.23 bits per heavy atom. The molecule has 0 aliphatic heterocycles. The van der Waals surface area contributed by atoms with Gasteiger partial charge in [-0.05, 0) is 30.6 Å². The zero-order valence-corrected chi connectivity index (χ0v) is 13.8. The van der Waals surface area contributed by atoms with Crippen LogP contribution in [0, 0.1) is 5.92 Å². The topological polar surface area (TPSA) is 50.7 Å². The summed E-state index contributed by atoms with van der Waals surface area (Å²) >= 11 is 3.31. The first-order valence-electron chi connectivity index (χ1n) is 7.32. The average molecular weight is 328 g/mol. The van der Waals surface area contributed by atoms with Crippen LogP contribution in [0.3, 0.4) is 0 Å². The van der Waals surface area contributed by atoms with Crippen LogP contribution in [-0.4, -0.2) is 21.2 Å². The number of benzene rings is 1. The van der Waals surface area contributed by atoms with Crippen LogP contribution in [-0.2, 0) is 0 Å². The van der Waals surface area contributed by atoms with Crippen LogP contribution in [0.15, 0.2) is 41.0 Å². The maximum Gasteiger partial charge on any atom is 0.176 e. The standard InChI is InChI=1S/C16H16N4S2/c1-21-16-20-15-13(22-16)14(17-9-18-15)19-12(11-7-8-11)10-5-3-2-4-6-10/h2-6,9,11-12H,7-8H2,1H3,(H,17,18,19). The lowest BCUT2D eigenvalue weighted by molar-refractivity contribution is 0.676. The van der Waals surface area contributed by atoms with Crippen molar-refractivity contribution in [3.63, 3.8) is 0 Å². The Morgan fingerprint density at radius 2 is 2.05 bits per heavy atom. The van der Waals surface area contributed by atoms with E-state index < -0.39 is 0 Å². The molecule has 1 atom stereocenters. The molecule has 0 saturated heterocycles. The predicted octanol–water partition coefficient (Wildman–Crippen LogP) is 4.37. The van der Waals surface area contributed by atoms with E-state index in [0.29, 0.717) is 12.0 Å². The first kappa shape index (κ1) is 14.0. The van der Waals surface area contributed by atoms with Gasteiger partial charge in [-0.3, -0.25) is 0 Å². The summed E-state index contributed by atoms with van der Waals surface area (Å²) in [6, 6.07) is 11.0. The van der Waals surface area contributed by atoms with Gasteiger partial charge in [0, 0.05) is 0 Å². The van der Waals surface area contributed by atoms with Crippen molar-refractivity contribution in [1.29, 1.82) is 0 Å². The molecule has 112 valence electrons. The Morgan fingerprint density at radius 3 is 2.77 bits per heavy atom. The molecule has 0 spiro atoms. The van der Waals surface area contributed by atoms with Crippen molar-refractivity contribution >= 4 is 39.3 Å². The average Bonchev–Trinajstić information content (AvgIpc) is 3.31. The summed E-state index contributed by atoms with van der Waals surface area (Å²) < 4.78 is 2.08. The number of hydrogen-bond donors (Lipinski definition) is 1. The second-order valence-corrected chi connectivity index (χ2v) is 7.48. The SMILES string of the molecule is CSc1nc2ncnc(NC(c3ccccc3)C3CC3)c2s1. The van der Waals surface area contributed by atoms with E-state index in [1.807, 2.05) is 6.26 Å². The minimum atomic E-state index is 0.319. The zero-order valence-electron chi connectivity index (χ0n) is 12.2. The Labute approximate surface area is 137 Å². The van der Waals surface area contributed by atoms with Crippen LogP contribution in [0.25, 0.3) is 10.3 Å². The van der Waals surface area contributed by atoms with Gasteiger partial charge < -0.3 is 5.32 Å². The van der Waals surface area contributed by atoms with Crippen molar-refractivity contribution in [2.24, 2.45) is 5.92 Å². The number of rotatable bonds is 5. The first-order chi connectivity index (χ1) is 10.8. The van der Waals surface area contributed by atoms with E-state index in [-0.39, 0.29) is 0 Å². The lowest BCUT2D eigenvalue weighted by Crippen LogP contribution is -2.14. The van der Waals surface area contributed by atoms with Gasteiger partial charge in [0.05, 0.1) is 6.04 Å². The number of thiazole rings is 1. The fourth-order valence-corrected chi connectivity index (χ4v) is 4.10. The van der Waals surface area contributed by atoms with Gasteiger partial charge in [-0.2, -0.15) is 0 Å². The van der Waals surface area contributed by atoms with Gasteiger partial charge in [-0.25, -0.2) is 15.0 Å². The zero-order chi connectivity index (χ0) is 14.9. The van der Waals surface area contributed by atoms with E-state index in [0.717, 1.165) is 20.5 Å². The highest BCUT2D eigenvalue weighted by Gasteiger charge is 2.33. The van der Waals surface area contributed by atoms with E-state index >= 15 is 0 Å². The molecule has 4 nitrogen and oxygen atoms in total. The molecule has 6 heteroatoms. The van der Waals surface area contributed by atoms with Crippen molar-refractivity contribution in [3.05, 3.63) is 42.2 Å². The molecule has 22 heavy (non-hydrogen) atoms. The monoisotopic (exact) mass is 328 g/mol. The molecule has 2 aromatic heterocycles. The van der Waals surface area contributed by atoms with Crippen LogP contribution in [0.1, 0.15) is 24.4 Å². The molecule has 1 aliphatic carbocycles. The third kappa shape index (κ3) is 2.68. The fourth-order valence-electron chi connectivity index (χ4n) is 2.64. The molecule has 3 aromatic rings. The molecular formula is C16H16N4S2. The van der Waals surface area contributed by atoms with Gasteiger partial charge in [0.1, 0.15) is 16.8 Å². The lowest BCUT2D eigenvalue weighted by atomic mass is 10.0. The van der Waals surface area contributed by atoms with Gasteiger partial charge in [-0.15, -0.1) is 11.3 Å². The number of thioether (sulfide) groups is 1. The van der Waals surface area contributed by atoms with Gasteiger partial charge in [0.15, 0.2) is 9.99 Å². The van der Waals surface area contributed by atoms with Crippen molar-refractivity contribution in [2.45, 2.75) is 23.2 Å². The van der Waals surface area contributed by atoms with Crippen molar-refractivity contribution in [1.82, 2.24) is 15.0 Å². The van der Waals surface area contributed by atoms with E-state index in [4.69, 9.17) is 0 Å². The smallest absolute Gasteiger partial charge is 0.176 e. The number of anilines is 1. The Balaban J connectivity index is 1.70. The van der Waals surface area contributed by atoms with Crippen LogP contribution in [0.5, 0.6) is 0 Å². The van der Waals surface area contributed by atoms with Gasteiger partial charge in [0.2, 0.25) is 0 Å². The summed E-state index contributed by atoms with van der Waals surface area (Å²) in [4.78, 5) is 13.3. The predicted molar refractivity (Wildman–Crippen MR) is 92.5 cm³/mol. The summed E-state index contributed by atoms with van der Waals surface area (Å²) in [7, 11) is 0. The molecule has 1 unspecified atom stereocenters. The summed E-state index contributed by atoms with van der Waals surface area (Å²) in [5.41, 5.74) is 2.11.